The van der Waals surface area contributed by atoms with Crippen molar-refractivity contribution in [3.05, 3.63) is 23.4 Å². The number of aryl methyl sites for hydroxylation is 1. The van der Waals surface area contributed by atoms with Gasteiger partial charge in [0.2, 0.25) is 0 Å². The maximum Gasteiger partial charge on any atom is 0.251 e. The normalized spacial score (nSPS) is 11.9. The summed E-state index contributed by atoms with van der Waals surface area (Å²) in [4.78, 5) is 15.9. The van der Waals surface area contributed by atoms with Crippen LogP contribution < -0.4 is 16.6 Å². The molecule has 6 nitrogen and oxygen atoms in total. The van der Waals surface area contributed by atoms with Crippen molar-refractivity contribution >= 4 is 22.5 Å². The van der Waals surface area contributed by atoms with Crippen molar-refractivity contribution in [3.63, 3.8) is 0 Å². The van der Waals surface area contributed by atoms with E-state index in [-0.39, 0.29) is 5.91 Å². The highest BCUT2D eigenvalue weighted by atomic mass is 32.2. The summed E-state index contributed by atoms with van der Waals surface area (Å²) in [6, 6.07) is 3.24. The summed E-state index contributed by atoms with van der Waals surface area (Å²) in [5.41, 5.74) is 3.59. The van der Waals surface area contributed by atoms with E-state index >= 15 is 0 Å². The van der Waals surface area contributed by atoms with E-state index in [2.05, 4.69) is 15.7 Å². The van der Waals surface area contributed by atoms with Crippen LogP contribution in [0.3, 0.4) is 0 Å². The largest absolute Gasteiger partial charge is 0.351 e. The zero-order valence-corrected chi connectivity index (χ0v) is 11.3. The average molecular weight is 270 g/mol. The summed E-state index contributed by atoms with van der Waals surface area (Å²) in [5, 5.41) is 2.71. The Morgan fingerprint density at radius 2 is 2.22 bits per heavy atom. The van der Waals surface area contributed by atoms with Gasteiger partial charge in [0.25, 0.3) is 5.91 Å². The fourth-order valence-corrected chi connectivity index (χ4v) is 2.02. The molecule has 1 heterocycles. The Balaban J connectivity index is 2.61. The highest BCUT2D eigenvalue weighted by molar-refractivity contribution is 7.84. The molecule has 1 amide bonds. The van der Waals surface area contributed by atoms with Crippen LogP contribution in [-0.2, 0) is 10.8 Å². The van der Waals surface area contributed by atoms with Crippen LogP contribution >= 0.6 is 0 Å². The lowest BCUT2D eigenvalue weighted by Crippen LogP contribution is -2.28. The highest BCUT2D eigenvalue weighted by Crippen LogP contribution is 2.08. The second-order valence-electron chi connectivity index (χ2n) is 3.72. The first kappa shape index (κ1) is 14.6. The number of aromatic nitrogens is 1. The quantitative estimate of drug-likeness (QED) is 0.506. The van der Waals surface area contributed by atoms with Crippen molar-refractivity contribution in [2.45, 2.75) is 13.8 Å². The molecule has 0 aliphatic rings. The van der Waals surface area contributed by atoms with Crippen LogP contribution in [0.2, 0.25) is 0 Å². The van der Waals surface area contributed by atoms with Gasteiger partial charge in [0.15, 0.2) is 0 Å². The lowest BCUT2D eigenvalue weighted by atomic mass is 10.2. The number of nitrogen functional groups attached to an aromatic ring is 1. The summed E-state index contributed by atoms with van der Waals surface area (Å²) in [7, 11) is -0.870. The van der Waals surface area contributed by atoms with Crippen LogP contribution in [0.25, 0.3) is 0 Å². The first-order chi connectivity index (χ1) is 8.56. The third-order valence-corrected chi connectivity index (χ3v) is 3.60. The number of carbonyl (C=O) groups is 1. The van der Waals surface area contributed by atoms with Gasteiger partial charge in [-0.3, -0.25) is 9.00 Å². The first-order valence-corrected chi connectivity index (χ1v) is 7.14. The average Bonchev–Trinajstić information content (AvgIpc) is 2.37. The number of hydrogen-bond donors (Lipinski definition) is 3. The fraction of sp³-hybridized carbons (Fsp3) is 0.455. The molecule has 0 aliphatic carbocycles. The Hall–Kier alpha value is -1.47. The van der Waals surface area contributed by atoms with Crippen molar-refractivity contribution in [2.75, 3.05) is 23.5 Å². The molecule has 0 saturated carbocycles. The summed E-state index contributed by atoms with van der Waals surface area (Å²) in [5.74, 6) is 6.55. The Kier molecular flexibility index (Phi) is 5.73. The first-order valence-electron chi connectivity index (χ1n) is 5.65. The molecule has 0 fully saturated rings. The van der Waals surface area contributed by atoms with Crippen molar-refractivity contribution in [3.8, 4) is 0 Å². The van der Waals surface area contributed by atoms with Gasteiger partial charge in [-0.25, -0.2) is 10.8 Å². The standard InChI is InChI=1S/C11H18N4O2S/c1-3-18(17)5-4-13-11(16)9-6-8(2)14-10(7-9)15-12/h6-7H,3-5,12H2,1-2H3,(H,13,16)(H,14,15). The van der Waals surface area contributed by atoms with Crippen LogP contribution in [0, 0.1) is 6.92 Å². The van der Waals surface area contributed by atoms with Crippen molar-refractivity contribution in [1.82, 2.24) is 10.3 Å². The molecule has 4 N–H and O–H groups in total. The third kappa shape index (κ3) is 4.42. The SMILES string of the molecule is CCS(=O)CCNC(=O)c1cc(C)nc(NN)c1. The minimum Gasteiger partial charge on any atom is -0.351 e. The lowest BCUT2D eigenvalue weighted by Gasteiger charge is -2.07. The molecule has 18 heavy (non-hydrogen) atoms. The van der Waals surface area contributed by atoms with E-state index in [1.165, 1.54) is 0 Å². The number of hydrazine groups is 1. The molecule has 0 aliphatic heterocycles. The molecular weight excluding hydrogens is 252 g/mol. The number of anilines is 1. The second kappa shape index (κ2) is 7.07. The summed E-state index contributed by atoms with van der Waals surface area (Å²) in [6.45, 7) is 4.03. The number of hydrogen-bond acceptors (Lipinski definition) is 5. The van der Waals surface area contributed by atoms with Gasteiger partial charge in [-0.15, -0.1) is 0 Å². The van der Waals surface area contributed by atoms with E-state index in [4.69, 9.17) is 5.84 Å². The number of nitrogens with two attached hydrogens (primary N) is 1. The number of amides is 1. The minimum atomic E-state index is -0.870. The lowest BCUT2D eigenvalue weighted by molar-refractivity contribution is 0.0956. The molecule has 1 atom stereocenters. The van der Waals surface area contributed by atoms with Crippen LogP contribution in [0.1, 0.15) is 23.0 Å². The monoisotopic (exact) mass is 270 g/mol. The van der Waals surface area contributed by atoms with Crippen LogP contribution in [-0.4, -0.2) is 33.2 Å². The van der Waals surface area contributed by atoms with Crippen molar-refractivity contribution < 1.29 is 9.00 Å². The molecule has 0 radical (unpaired) electrons. The molecule has 0 aromatic carbocycles. The Labute approximate surface area is 109 Å². The predicted molar refractivity (Wildman–Crippen MR) is 72.7 cm³/mol. The van der Waals surface area contributed by atoms with E-state index in [0.717, 1.165) is 0 Å². The Bertz CT molecular complexity index is 451. The third-order valence-electron chi connectivity index (χ3n) is 2.30. The Morgan fingerprint density at radius 1 is 1.50 bits per heavy atom. The molecular formula is C11H18N4O2S. The molecule has 1 aromatic rings. The molecule has 0 bridgehead atoms. The van der Waals surface area contributed by atoms with Crippen molar-refractivity contribution in [2.24, 2.45) is 5.84 Å². The minimum absolute atomic E-state index is 0.217. The molecule has 0 spiro atoms. The summed E-state index contributed by atoms with van der Waals surface area (Å²) < 4.78 is 11.2. The van der Waals surface area contributed by atoms with Crippen LogP contribution in [0.5, 0.6) is 0 Å². The van der Waals surface area contributed by atoms with Gasteiger partial charge < -0.3 is 10.7 Å². The number of carbonyl (C=O) groups excluding carboxylic acids is 1. The topological polar surface area (TPSA) is 97.1 Å². The molecule has 1 unspecified atom stereocenters. The smallest absolute Gasteiger partial charge is 0.251 e. The summed E-state index contributed by atoms with van der Waals surface area (Å²) in [6.07, 6.45) is 0. The zero-order chi connectivity index (χ0) is 13.5. The van der Waals surface area contributed by atoms with Gasteiger partial charge in [0.05, 0.1) is 0 Å². The van der Waals surface area contributed by atoms with Crippen LogP contribution in [0.4, 0.5) is 5.82 Å². The number of nitrogens with one attached hydrogen (secondary N) is 2. The number of nitrogens with zero attached hydrogens (tertiary/aromatic N) is 1. The van der Waals surface area contributed by atoms with E-state index in [0.29, 0.717) is 35.1 Å². The van der Waals surface area contributed by atoms with Gasteiger partial charge >= 0.3 is 0 Å². The van der Waals surface area contributed by atoms with Gasteiger partial charge in [-0.1, -0.05) is 6.92 Å². The van der Waals surface area contributed by atoms with E-state index in [9.17, 15) is 9.00 Å². The van der Waals surface area contributed by atoms with Crippen molar-refractivity contribution in [1.29, 1.82) is 0 Å². The van der Waals surface area contributed by atoms with Gasteiger partial charge in [0.1, 0.15) is 5.82 Å². The number of pyridine rings is 1. The van der Waals surface area contributed by atoms with Gasteiger partial charge in [0, 0.05) is 40.1 Å². The molecule has 1 rings (SSSR count). The number of rotatable bonds is 6. The van der Waals surface area contributed by atoms with Gasteiger partial charge in [-0.05, 0) is 19.1 Å². The molecule has 1 aromatic heterocycles. The predicted octanol–water partition coefficient (Wildman–Crippen LogP) is 0.174. The molecule has 100 valence electrons. The zero-order valence-electron chi connectivity index (χ0n) is 10.5. The summed E-state index contributed by atoms with van der Waals surface area (Å²) >= 11 is 0. The highest BCUT2D eigenvalue weighted by Gasteiger charge is 2.08. The van der Waals surface area contributed by atoms with Crippen LogP contribution in [0.15, 0.2) is 12.1 Å². The maximum absolute atomic E-state index is 11.8. The maximum atomic E-state index is 11.8. The van der Waals surface area contributed by atoms with Gasteiger partial charge in [-0.2, -0.15) is 0 Å². The fourth-order valence-electron chi connectivity index (χ4n) is 1.40. The Morgan fingerprint density at radius 3 is 2.83 bits per heavy atom. The van der Waals surface area contributed by atoms with E-state index in [1.54, 1.807) is 19.1 Å². The second-order valence-corrected chi connectivity index (χ2v) is 5.58. The van der Waals surface area contributed by atoms with E-state index in [1.807, 2.05) is 6.92 Å². The van der Waals surface area contributed by atoms with E-state index < -0.39 is 10.8 Å². The molecule has 0 saturated heterocycles. The molecule has 7 heteroatoms.